The van der Waals surface area contributed by atoms with E-state index in [1.54, 1.807) is 4.31 Å². The van der Waals surface area contributed by atoms with E-state index < -0.39 is 10.0 Å². The summed E-state index contributed by atoms with van der Waals surface area (Å²) >= 11 is 0. The summed E-state index contributed by atoms with van der Waals surface area (Å²) in [4.78, 5) is 0. The van der Waals surface area contributed by atoms with Crippen LogP contribution in [0.1, 0.15) is 43.7 Å². The predicted octanol–water partition coefficient (Wildman–Crippen LogP) is 2.24. The van der Waals surface area contributed by atoms with Crippen LogP contribution in [0, 0.1) is 0 Å². The van der Waals surface area contributed by atoms with Crippen LogP contribution in [0.2, 0.25) is 0 Å². The first-order valence-electron chi connectivity index (χ1n) is 7.30. The van der Waals surface area contributed by atoms with Crippen LogP contribution in [0.4, 0.5) is 0 Å². The summed E-state index contributed by atoms with van der Waals surface area (Å²) in [5, 5.41) is 0. The molecule has 1 fully saturated rings. The molecule has 0 spiro atoms. The van der Waals surface area contributed by atoms with Crippen molar-refractivity contribution in [1.29, 1.82) is 0 Å². The lowest BCUT2D eigenvalue weighted by atomic mass is 10.1. The second kappa shape index (κ2) is 6.70. The molecule has 20 heavy (non-hydrogen) atoms. The third-order valence-electron chi connectivity index (χ3n) is 3.96. The molecule has 0 amide bonds. The van der Waals surface area contributed by atoms with E-state index in [2.05, 4.69) is 0 Å². The molecule has 1 saturated heterocycles. The summed E-state index contributed by atoms with van der Waals surface area (Å²) in [5.74, 6) is 0.0855. The van der Waals surface area contributed by atoms with E-state index in [1.807, 2.05) is 31.2 Å². The molecular weight excluding hydrogens is 272 g/mol. The van der Waals surface area contributed by atoms with Crippen molar-refractivity contribution in [2.45, 2.75) is 50.9 Å². The Kier molecular flexibility index (Phi) is 5.18. The van der Waals surface area contributed by atoms with Crippen LogP contribution < -0.4 is 5.73 Å². The molecule has 1 heterocycles. The van der Waals surface area contributed by atoms with Crippen molar-refractivity contribution in [3.8, 4) is 0 Å². The van der Waals surface area contributed by atoms with Crippen molar-refractivity contribution >= 4 is 10.0 Å². The van der Waals surface area contributed by atoms with Crippen LogP contribution in [0.15, 0.2) is 24.3 Å². The van der Waals surface area contributed by atoms with Gasteiger partial charge in [-0.25, -0.2) is 8.42 Å². The smallest absolute Gasteiger partial charge is 0.218 e. The van der Waals surface area contributed by atoms with E-state index in [-0.39, 0.29) is 11.8 Å². The van der Waals surface area contributed by atoms with Gasteiger partial charge in [-0.2, -0.15) is 4.31 Å². The summed E-state index contributed by atoms with van der Waals surface area (Å²) in [5.41, 5.74) is 7.41. The summed E-state index contributed by atoms with van der Waals surface area (Å²) in [6, 6.07) is 7.64. The zero-order valence-corrected chi connectivity index (χ0v) is 12.9. The van der Waals surface area contributed by atoms with Gasteiger partial charge in [-0.15, -0.1) is 0 Å². The van der Waals surface area contributed by atoms with E-state index in [4.69, 9.17) is 5.73 Å². The van der Waals surface area contributed by atoms with Crippen molar-refractivity contribution in [1.82, 2.24) is 4.31 Å². The number of hydrogen-bond acceptors (Lipinski definition) is 3. The Hall–Kier alpha value is -0.910. The lowest BCUT2D eigenvalue weighted by molar-refractivity contribution is 0.341. The number of benzene rings is 1. The normalized spacial score (nSPS) is 21.6. The molecular formula is C15H24N2O2S. The minimum atomic E-state index is -3.23. The molecule has 5 heteroatoms. The molecule has 0 bridgehead atoms. The second-order valence-corrected chi connectivity index (χ2v) is 7.51. The fourth-order valence-electron chi connectivity index (χ4n) is 2.73. The van der Waals surface area contributed by atoms with Gasteiger partial charge in [0.25, 0.3) is 0 Å². The highest BCUT2D eigenvalue weighted by molar-refractivity contribution is 7.88. The van der Waals surface area contributed by atoms with Crippen molar-refractivity contribution in [3.63, 3.8) is 0 Å². The quantitative estimate of drug-likeness (QED) is 0.927. The minimum Gasteiger partial charge on any atom is -0.326 e. The van der Waals surface area contributed by atoms with Gasteiger partial charge in [-0.3, -0.25) is 0 Å². The van der Waals surface area contributed by atoms with Gasteiger partial charge in [-0.1, -0.05) is 37.1 Å². The molecule has 1 aliphatic heterocycles. The Balaban J connectivity index is 2.12. The van der Waals surface area contributed by atoms with E-state index in [0.717, 1.165) is 36.8 Å². The van der Waals surface area contributed by atoms with E-state index >= 15 is 0 Å². The van der Waals surface area contributed by atoms with Crippen LogP contribution >= 0.6 is 0 Å². The Labute approximate surface area is 122 Å². The molecule has 112 valence electrons. The van der Waals surface area contributed by atoms with Crippen molar-refractivity contribution in [3.05, 3.63) is 35.4 Å². The molecule has 1 aromatic carbocycles. The lowest BCUT2D eigenvalue weighted by Crippen LogP contribution is -2.38. The number of sulfonamides is 1. The molecule has 1 atom stereocenters. The van der Waals surface area contributed by atoms with Gasteiger partial charge in [0, 0.05) is 19.1 Å². The molecule has 4 nitrogen and oxygen atoms in total. The topological polar surface area (TPSA) is 63.4 Å². The molecule has 2 rings (SSSR count). The van der Waals surface area contributed by atoms with Gasteiger partial charge in [0.15, 0.2) is 0 Å². The van der Waals surface area contributed by atoms with Gasteiger partial charge in [0.2, 0.25) is 10.0 Å². The van der Waals surface area contributed by atoms with Gasteiger partial charge in [0.1, 0.15) is 0 Å². The zero-order valence-electron chi connectivity index (χ0n) is 12.1. The summed E-state index contributed by atoms with van der Waals surface area (Å²) in [6.45, 7) is 3.15. The molecule has 1 aliphatic rings. The third kappa shape index (κ3) is 3.81. The SMILES string of the molecule is CC1CCCCCN1S(=O)(=O)Cc1ccc(CN)cc1. The summed E-state index contributed by atoms with van der Waals surface area (Å²) < 4.78 is 26.8. The first-order chi connectivity index (χ1) is 9.53. The highest BCUT2D eigenvalue weighted by Crippen LogP contribution is 2.22. The largest absolute Gasteiger partial charge is 0.326 e. The first-order valence-corrected chi connectivity index (χ1v) is 8.91. The monoisotopic (exact) mass is 296 g/mol. The maximum absolute atomic E-state index is 12.6. The molecule has 0 aliphatic carbocycles. The van der Waals surface area contributed by atoms with Crippen molar-refractivity contribution in [2.24, 2.45) is 5.73 Å². The average Bonchev–Trinajstić information content (AvgIpc) is 2.64. The Morgan fingerprint density at radius 1 is 1.15 bits per heavy atom. The molecule has 1 unspecified atom stereocenters. The lowest BCUT2D eigenvalue weighted by Gasteiger charge is -2.26. The van der Waals surface area contributed by atoms with Crippen LogP contribution in [0.3, 0.4) is 0 Å². The highest BCUT2D eigenvalue weighted by Gasteiger charge is 2.28. The summed E-state index contributed by atoms with van der Waals surface area (Å²) in [6.07, 6.45) is 4.18. The number of rotatable bonds is 4. The predicted molar refractivity (Wildman–Crippen MR) is 81.6 cm³/mol. The molecule has 0 saturated carbocycles. The van der Waals surface area contributed by atoms with Gasteiger partial charge >= 0.3 is 0 Å². The molecule has 1 aromatic rings. The van der Waals surface area contributed by atoms with Gasteiger partial charge < -0.3 is 5.73 Å². The van der Waals surface area contributed by atoms with Crippen molar-refractivity contribution < 1.29 is 8.42 Å². The molecule has 2 N–H and O–H groups in total. The van der Waals surface area contributed by atoms with Crippen LogP contribution in [0.5, 0.6) is 0 Å². The summed E-state index contributed by atoms with van der Waals surface area (Å²) in [7, 11) is -3.23. The van der Waals surface area contributed by atoms with E-state index in [0.29, 0.717) is 13.1 Å². The maximum atomic E-state index is 12.6. The fourth-order valence-corrected chi connectivity index (χ4v) is 4.57. The number of hydrogen-bond donors (Lipinski definition) is 1. The van der Waals surface area contributed by atoms with E-state index in [9.17, 15) is 8.42 Å². The average molecular weight is 296 g/mol. The maximum Gasteiger partial charge on any atom is 0.218 e. The second-order valence-electron chi connectivity index (χ2n) is 5.59. The van der Waals surface area contributed by atoms with E-state index in [1.165, 1.54) is 0 Å². The number of nitrogens with zero attached hydrogens (tertiary/aromatic N) is 1. The Morgan fingerprint density at radius 2 is 1.80 bits per heavy atom. The number of nitrogens with two attached hydrogens (primary N) is 1. The van der Waals surface area contributed by atoms with Crippen LogP contribution in [-0.2, 0) is 22.3 Å². The third-order valence-corrected chi connectivity index (χ3v) is 5.91. The van der Waals surface area contributed by atoms with Crippen molar-refractivity contribution in [2.75, 3.05) is 6.54 Å². The fraction of sp³-hybridized carbons (Fsp3) is 0.600. The van der Waals surface area contributed by atoms with Crippen LogP contribution in [-0.4, -0.2) is 25.3 Å². The Morgan fingerprint density at radius 3 is 2.45 bits per heavy atom. The molecule has 0 radical (unpaired) electrons. The standard InChI is InChI=1S/C15H24N2O2S/c1-13-5-3-2-4-10-17(13)20(18,19)12-15-8-6-14(11-16)7-9-15/h6-9,13H,2-5,10-12,16H2,1H3. The Bertz CT molecular complexity index is 525. The van der Waals surface area contributed by atoms with Crippen LogP contribution in [0.25, 0.3) is 0 Å². The highest BCUT2D eigenvalue weighted by atomic mass is 32.2. The minimum absolute atomic E-state index is 0.0855. The molecule has 0 aromatic heterocycles. The van der Waals surface area contributed by atoms with Gasteiger partial charge in [0.05, 0.1) is 5.75 Å². The van der Waals surface area contributed by atoms with Gasteiger partial charge in [-0.05, 0) is 30.9 Å². The first kappa shape index (κ1) is 15.5. The zero-order chi connectivity index (χ0) is 14.6.